The number of fused-ring (bicyclic) bond motifs is 1. The number of benzene rings is 1. The average Bonchev–Trinajstić information content (AvgIpc) is 3.65. The number of aryl methyl sites for hydroxylation is 2. The molecule has 1 atom stereocenters. The van der Waals surface area contributed by atoms with Crippen LogP contribution in [0.1, 0.15) is 36.1 Å². The Hall–Kier alpha value is -4.05. The second-order valence-electron chi connectivity index (χ2n) is 9.56. The normalized spacial score (nSPS) is 17.2. The minimum absolute atomic E-state index is 0.0857. The van der Waals surface area contributed by atoms with Crippen molar-refractivity contribution in [2.75, 3.05) is 16.8 Å². The SMILES string of the molecule is Cc1ccc(N2CC(C(=O)Nc3cc(-c4cccs4)nn3-c3nc4c(c(=O)[nH]3)CCCC4)CC2=O)cc1. The number of aromatic nitrogens is 4. The van der Waals surface area contributed by atoms with Crippen LogP contribution in [0.4, 0.5) is 11.5 Å². The molecule has 2 N–H and O–H groups in total. The van der Waals surface area contributed by atoms with E-state index in [1.54, 1.807) is 11.0 Å². The van der Waals surface area contributed by atoms with Crippen molar-refractivity contribution in [2.24, 2.45) is 5.92 Å². The van der Waals surface area contributed by atoms with Crippen molar-refractivity contribution in [3.05, 3.63) is 75.0 Å². The van der Waals surface area contributed by atoms with Gasteiger partial charge in [0.15, 0.2) is 0 Å². The van der Waals surface area contributed by atoms with Crippen molar-refractivity contribution in [3.8, 4) is 16.5 Å². The largest absolute Gasteiger partial charge is 0.312 e. The number of nitrogens with zero attached hydrogens (tertiary/aromatic N) is 4. The summed E-state index contributed by atoms with van der Waals surface area (Å²) in [6, 6.07) is 13.3. The van der Waals surface area contributed by atoms with Crippen LogP contribution in [0.3, 0.4) is 0 Å². The molecule has 188 valence electrons. The van der Waals surface area contributed by atoms with Crippen molar-refractivity contribution >= 4 is 34.7 Å². The van der Waals surface area contributed by atoms with Crippen molar-refractivity contribution in [2.45, 2.75) is 39.0 Å². The fourth-order valence-corrected chi connectivity index (χ4v) is 5.63. The number of anilines is 2. The van der Waals surface area contributed by atoms with Gasteiger partial charge in [-0.3, -0.25) is 19.4 Å². The van der Waals surface area contributed by atoms with Gasteiger partial charge >= 0.3 is 0 Å². The number of hydrogen-bond donors (Lipinski definition) is 2. The fourth-order valence-electron chi connectivity index (χ4n) is 4.95. The molecule has 1 saturated heterocycles. The van der Waals surface area contributed by atoms with Gasteiger partial charge in [-0.1, -0.05) is 23.8 Å². The molecular formula is C27H26N6O3S. The number of H-pyrrole nitrogens is 1. The molecule has 1 fully saturated rings. The number of carbonyl (C=O) groups is 2. The topological polar surface area (TPSA) is 113 Å². The van der Waals surface area contributed by atoms with Crippen molar-refractivity contribution < 1.29 is 9.59 Å². The van der Waals surface area contributed by atoms with Gasteiger partial charge in [0.2, 0.25) is 17.8 Å². The van der Waals surface area contributed by atoms with E-state index in [4.69, 9.17) is 4.98 Å². The average molecular weight is 515 g/mol. The summed E-state index contributed by atoms with van der Waals surface area (Å²) in [7, 11) is 0. The number of nitrogens with one attached hydrogen (secondary N) is 2. The van der Waals surface area contributed by atoms with Gasteiger partial charge in [-0.15, -0.1) is 11.3 Å². The van der Waals surface area contributed by atoms with Gasteiger partial charge in [0.05, 0.1) is 16.5 Å². The number of thiophene rings is 1. The Morgan fingerprint density at radius 2 is 1.95 bits per heavy atom. The van der Waals surface area contributed by atoms with Crippen LogP contribution in [0, 0.1) is 12.8 Å². The van der Waals surface area contributed by atoms with E-state index in [-0.39, 0.29) is 29.7 Å². The zero-order valence-electron chi connectivity index (χ0n) is 20.4. The van der Waals surface area contributed by atoms with Crippen LogP contribution < -0.4 is 15.8 Å². The minimum atomic E-state index is -0.516. The summed E-state index contributed by atoms with van der Waals surface area (Å²) in [6.45, 7) is 2.29. The quantitative estimate of drug-likeness (QED) is 0.420. The van der Waals surface area contributed by atoms with Gasteiger partial charge in [-0.25, -0.2) is 4.98 Å². The third kappa shape index (κ3) is 4.48. The Morgan fingerprint density at radius 3 is 2.73 bits per heavy atom. The molecule has 0 bridgehead atoms. The van der Waals surface area contributed by atoms with Gasteiger partial charge < -0.3 is 10.2 Å². The molecule has 1 aliphatic heterocycles. The van der Waals surface area contributed by atoms with Gasteiger partial charge in [-0.05, 0) is 56.2 Å². The summed E-state index contributed by atoms with van der Waals surface area (Å²) in [5, 5.41) is 9.59. The zero-order chi connectivity index (χ0) is 25.5. The summed E-state index contributed by atoms with van der Waals surface area (Å²) in [5.41, 5.74) is 3.90. The molecule has 4 heterocycles. The summed E-state index contributed by atoms with van der Waals surface area (Å²) in [6.07, 6.45) is 3.54. The molecule has 0 spiro atoms. The fraction of sp³-hybridized carbons (Fsp3) is 0.296. The lowest BCUT2D eigenvalue weighted by atomic mass is 9.97. The third-order valence-electron chi connectivity index (χ3n) is 6.96. The Morgan fingerprint density at radius 1 is 1.14 bits per heavy atom. The van der Waals surface area contributed by atoms with Crippen LogP contribution in [-0.4, -0.2) is 38.1 Å². The molecule has 37 heavy (non-hydrogen) atoms. The number of aromatic amines is 1. The molecule has 6 rings (SSSR count). The highest BCUT2D eigenvalue weighted by Crippen LogP contribution is 2.30. The molecule has 0 saturated carbocycles. The first-order valence-electron chi connectivity index (χ1n) is 12.4. The lowest BCUT2D eigenvalue weighted by molar-refractivity contribution is -0.122. The number of rotatable bonds is 5. The number of amides is 2. The molecule has 1 aliphatic carbocycles. The Bertz CT molecular complexity index is 1540. The lowest BCUT2D eigenvalue weighted by Crippen LogP contribution is -2.29. The minimum Gasteiger partial charge on any atom is -0.312 e. The van der Waals surface area contributed by atoms with Crippen molar-refractivity contribution in [3.63, 3.8) is 0 Å². The maximum atomic E-state index is 13.3. The maximum absolute atomic E-state index is 13.3. The summed E-state index contributed by atoms with van der Waals surface area (Å²) < 4.78 is 1.48. The van der Waals surface area contributed by atoms with Gasteiger partial charge in [0.25, 0.3) is 5.56 Å². The summed E-state index contributed by atoms with van der Waals surface area (Å²) in [5.74, 6) is -0.210. The van der Waals surface area contributed by atoms with E-state index in [0.717, 1.165) is 46.6 Å². The van der Waals surface area contributed by atoms with E-state index < -0.39 is 5.92 Å². The van der Waals surface area contributed by atoms with Crippen molar-refractivity contribution in [1.82, 2.24) is 19.7 Å². The van der Waals surface area contributed by atoms with E-state index in [1.165, 1.54) is 16.0 Å². The van der Waals surface area contributed by atoms with Crippen LogP contribution in [0.15, 0.2) is 52.6 Å². The number of carbonyl (C=O) groups excluding carboxylic acids is 2. The first kappa shape index (κ1) is 23.4. The first-order chi connectivity index (χ1) is 18.0. The van der Waals surface area contributed by atoms with Gasteiger partial charge in [0.1, 0.15) is 11.5 Å². The molecule has 0 radical (unpaired) electrons. The van der Waals surface area contributed by atoms with E-state index in [0.29, 0.717) is 24.5 Å². The van der Waals surface area contributed by atoms with E-state index in [1.807, 2.05) is 48.7 Å². The standard InChI is InChI=1S/C27H26N6O3S/c1-16-8-10-18(11-9-16)32-15-17(13-24(32)34)25(35)29-23-14-21(22-7-4-12-37-22)31-33(23)27-28-20-6-3-2-5-19(20)26(36)30-27/h4,7-12,14,17H,2-3,5-6,13,15H2,1H3,(H,29,35)(H,28,30,36). The highest BCUT2D eigenvalue weighted by molar-refractivity contribution is 7.13. The van der Waals surface area contributed by atoms with Crippen LogP contribution >= 0.6 is 11.3 Å². The Labute approximate surface area is 217 Å². The van der Waals surface area contributed by atoms with Crippen LogP contribution in [-0.2, 0) is 22.4 Å². The number of hydrogen-bond acceptors (Lipinski definition) is 6. The molecule has 2 amide bonds. The zero-order valence-corrected chi connectivity index (χ0v) is 21.2. The lowest BCUT2D eigenvalue weighted by Gasteiger charge is -2.17. The monoisotopic (exact) mass is 514 g/mol. The smallest absolute Gasteiger partial charge is 0.255 e. The molecular weight excluding hydrogens is 488 g/mol. The molecule has 3 aromatic heterocycles. The second-order valence-corrected chi connectivity index (χ2v) is 10.5. The van der Waals surface area contributed by atoms with Crippen molar-refractivity contribution in [1.29, 1.82) is 0 Å². The predicted octanol–water partition coefficient (Wildman–Crippen LogP) is 3.86. The van der Waals surface area contributed by atoms with E-state index >= 15 is 0 Å². The Balaban J connectivity index is 1.31. The molecule has 9 nitrogen and oxygen atoms in total. The van der Waals surface area contributed by atoms with Crippen LogP contribution in [0.5, 0.6) is 0 Å². The van der Waals surface area contributed by atoms with Crippen LogP contribution in [0.25, 0.3) is 16.5 Å². The van der Waals surface area contributed by atoms with E-state index in [2.05, 4.69) is 15.4 Å². The second kappa shape index (κ2) is 9.44. The summed E-state index contributed by atoms with van der Waals surface area (Å²) >= 11 is 1.53. The molecule has 1 aromatic carbocycles. The van der Waals surface area contributed by atoms with Gasteiger partial charge in [0, 0.05) is 30.3 Å². The predicted molar refractivity (Wildman–Crippen MR) is 142 cm³/mol. The highest BCUT2D eigenvalue weighted by Gasteiger charge is 2.35. The summed E-state index contributed by atoms with van der Waals surface area (Å²) in [4.78, 5) is 49.0. The molecule has 10 heteroatoms. The van der Waals surface area contributed by atoms with Gasteiger partial charge in [-0.2, -0.15) is 9.78 Å². The van der Waals surface area contributed by atoms with E-state index in [9.17, 15) is 14.4 Å². The maximum Gasteiger partial charge on any atom is 0.255 e. The molecule has 1 unspecified atom stereocenters. The Kier molecular flexibility index (Phi) is 5.96. The molecule has 2 aliphatic rings. The van der Waals surface area contributed by atoms with Crippen LogP contribution in [0.2, 0.25) is 0 Å². The highest BCUT2D eigenvalue weighted by atomic mass is 32.1. The first-order valence-corrected chi connectivity index (χ1v) is 13.3. The third-order valence-corrected chi connectivity index (χ3v) is 7.85. The molecule has 4 aromatic rings.